The van der Waals surface area contributed by atoms with Gasteiger partial charge in [0.1, 0.15) is 11.4 Å². The van der Waals surface area contributed by atoms with Crippen molar-refractivity contribution in [2.75, 3.05) is 19.6 Å². The van der Waals surface area contributed by atoms with Gasteiger partial charge in [0, 0.05) is 26.1 Å². The van der Waals surface area contributed by atoms with Gasteiger partial charge in [0.15, 0.2) is 0 Å². The fourth-order valence-electron chi connectivity index (χ4n) is 4.82. The van der Waals surface area contributed by atoms with E-state index in [1.165, 1.54) is 0 Å². The number of benzene rings is 2. The van der Waals surface area contributed by atoms with Crippen molar-refractivity contribution in [3.05, 3.63) is 65.7 Å². The smallest absolute Gasteiger partial charge is 0.115 e. The third kappa shape index (κ3) is 3.76. The van der Waals surface area contributed by atoms with Gasteiger partial charge in [0.05, 0.1) is 6.10 Å². The van der Waals surface area contributed by atoms with Gasteiger partial charge in [-0.1, -0.05) is 42.5 Å². The van der Waals surface area contributed by atoms with Crippen LogP contribution in [0.4, 0.5) is 4.39 Å². The second kappa shape index (κ2) is 7.01. The van der Waals surface area contributed by atoms with Crippen LogP contribution in [0.3, 0.4) is 0 Å². The molecule has 1 heterocycles. The first kappa shape index (κ1) is 17.5. The SMILES string of the molecule is Oc1ccc([C@@H](O)CN2C[C@@H]3C[C@@](F)(Cc4ccccc4)C[C@@H]3C2)cc1. The molecule has 1 aliphatic carbocycles. The number of aliphatic hydroxyl groups is 1. The van der Waals surface area contributed by atoms with E-state index >= 15 is 4.39 Å². The zero-order chi connectivity index (χ0) is 18.1. The van der Waals surface area contributed by atoms with Gasteiger partial charge in [-0.25, -0.2) is 4.39 Å². The molecule has 26 heavy (non-hydrogen) atoms. The van der Waals surface area contributed by atoms with E-state index in [9.17, 15) is 10.2 Å². The average molecular weight is 355 g/mol. The van der Waals surface area contributed by atoms with E-state index in [1.54, 1.807) is 24.3 Å². The highest BCUT2D eigenvalue weighted by Crippen LogP contribution is 2.47. The molecule has 3 nitrogen and oxygen atoms in total. The van der Waals surface area contributed by atoms with Crippen molar-refractivity contribution in [2.24, 2.45) is 11.8 Å². The number of phenolic OH excluding ortho intramolecular Hbond substituents is 1. The maximum atomic E-state index is 15.3. The summed E-state index contributed by atoms with van der Waals surface area (Å²) in [7, 11) is 0. The van der Waals surface area contributed by atoms with Crippen molar-refractivity contribution in [1.82, 2.24) is 4.90 Å². The summed E-state index contributed by atoms with van der Waals surface area (Å²) in [5.74, 6) is 0.973. The number of hydrogen-bond acceptors (Lipinski definition) is 3. The molecule has 0 bridgehead atoms. The van der Waals surface area contributed by atoms with Gasteiger partial charge >= 0.3 is 0 Å². The van der Waals surface area contributed by atoms with Gasteiger partial charge in [-0.2, -0.15) is 0 Å². The van der Waals surface area contributed by atoms with Gasteiger partial charge in [0.25, 0.3) is 0 Å². The number of aromatic hydroxyl groups is 1. The number of fused-ring (bicyclic) bond motifs is 1. The topological polar surface area (TPSA) is 43.7 Å². The first-order valence-electron chi connectivity index (χ1n) is 9.43. The summed E-state index contributed by atoms with van der Waals surface area (Å²) in [5.41, 5.74) is 0.802. The molecular weight excluding hydrogens is 329 g/mol. The first-order valence-corrected chi connectivity index (χ1v) is 9.43. The Balaban J connectivity index is 1.32. The molecule has 138 valence electrons. The minimum atomic E-state index is -1.08. The molecule has 0 radical (unpaired) electrons. The van der Waals surface area contributed by atoms with E-state index in [-0.39, 0.29) is 5.75 Å². The molecule has 0 spiro atoms. The number of hydrogen-bond donors (Lipinski definition) is 2. The standard InChI is InChI=1S/C22H26FNO2/c23-22(10-16-4-2-1-3-5-16)11-18-13-24(14-19(18)12-22)15-21(26)17-6-8-20(25)9-7-17/h1-9,18-19,21,25-26H,10-15H2/t18-,19+,21-,22-/m0/s1. The molecule has 2 fully saturated rings. The van der Waals surface area contributed by atoms with Crippen molar-refractivity contribution < 1.29 is 14.6 Å². The van der Waals surface area contributed by atoms with Crippen LogP contribution >= 0.6 is 0 Å². The van der Waals surface area contributed by atoms with Gasteiger partial charge in [-0.15, -0.1) is 0 Å². The minimum Gasteiger partial charge on any atom is -0.508 e. The van der Waals surface area contributed by atoms with E-state index in [4.69, 9.17) is 0 Å². The highest BCUT2D eigenvalue weighted by molar-refractivity contribution is 5.27. The summed E-state index contributed by atoms with van der Waals surface area (Å²) in [6.45, 7) is 2.29. The molecule has 1 aliphatic heterocycles. The third-order valence-corrected chi connectivity index (χ3v) is 5.98. The third-order valence-electron chi connectivity index (χ3n) is 5.98. The van der Waals surface area contributed by atoms with E-state index in [0.717, 1.165) is 24.2 Å². The molecule has 2 aromatic carbocycles. The van der Waals surface area contributed by atoms with Crippen LogP contribution in [0.1, 0.15) is 30.1 Å². The van der Waals surface area contributed by atoms with Crippen LogP contribution in [0, 0.1) is 11.8 Å². The van der Waals surface area contributed by atoms with Crippen LogP contribution in [0.25, 0.3) is 0 Å². The van der Waals surface area contributed by atoms with Crippen molar-refractivity contribution in [3.63, 3.8) is 0 Å². The van der Waals surface area contributed by atoms with Crippen LogP contribution in [-0.2, 0) is 6.42 Å². The molecule has 0 unspecified atom stereocenters. The lowest BCUT2D eigenvalue weighted by Gasteiger charge is -2.25. The number of rotatable bonds is 5. The summed E-state index contributed by atoms with van der Waals surface area (Å²) < 4.78 is 15.3. The molecule has 0 aromatic heterocycles. The molecule has 2 aliphatic rings. The largest absolute Gasteiger partial charge is 0.508 e. The Labute approximate surface area is 154 Å². The van der Waals surface area contributed by atoms with Crippen LogP contribution in [0.5, 0.6) is 5.75 Å². The van der Waals surface area contributed by atoms with E-state index < -0.39 is 11.8 Å². The molecule has 2 aromatic rings. The highest BCUT2D eigenvalue weighted by Gasteiger charge is 2.49. The summed E-state index contributed by atoms with van der Waals surface area (Å²) in [4.78, 5) is 2.26. The van der Waals surface area contributed by atoms with Crippen LogP contribution in [0.2, 0.25) is 0 Å². The van der Waals surface area contributed by atoms with Gasteiger partial charge in [0.2, 0.25) is 0 Å². The second-order valence-corrected chi connectivity index (χ2v) is 8.07. The van der Waals surface area contributed by atoms with Crippen molar-refractivity contribution >= 4 is 0 Å². The number of halogens is 1. The lowest BCUT2D eigenvalue weighted by Crippen LogP contribution is -2.31. The second-order valence-electron chi connectivity index (χ2n) is 8.07. The fraction of sp³-hybridized carbons (Fsp3) is 0.455. The number of β-amino-alcohol motifs (C(OH)–C–C–N with tert-alkyl or cyclic N) is 1. The first-order chi connectivity index (χ1) is 12.5. The monoisotopic (exact) mass is 355 g/mol. The van der Waals surface area contributed by atoms with Gasteiger partial charge in [-0.05, 0) is 47.9 Å². The lowest BCUT2D eigenvalue weighted by molar-refractivity contribution is 0.108. The predicted octanol–water partition coefficient (Wildman–Crippen LogP) is 3.72. The summed E-state index contributed by atoms with van der Waals surface area (Å²) in [6, 6.07) is 16.6. The molecule has 4 atom stereocenters. The Morgan fingerprint density at radius 1 is 1.00 bits per heavy atom. The Morgan fingerprint density at radius 2 is 1.62 bits per heavy atom. The minimum absolute atomic E-state index is 0.203. The Morgan fingerprint density at radius 3 is 2.23 bits per heavy atom. The molecule has 4 heteroatoms. The zero-order valence-corrected chi connectivity index (χ0v) is 14.9. The summed E-state index contributed by atoms with van der Waals surface area (Å²) in [5, 5.41) is 19.8. The van der Waals surface area contributed by atoms with E-state index in [0.29, 0.717) is 37.6 Å². The van der Waals surface area contributed by atoms with Gasteiger partial charge in [-0.3, -0.25) is 4.90 Å². The number of nitrogens with zero attached hydrogens (tertiary/aromatic N) is 1. The highest BCUT2D eigenvalue weighted by atomic mass is 19.1. The quantitative estimate of drug-likeness (QED) is 0.859. The normalized spacial score (nSPS) is 29.6. The Kier molecular flexibility index (Phi) is 4.72. The summed E-state index contributed by atoms with van der Waals surface area (Å²) in [6.07, 6.45) is 1.18. The lowest BCUT2D eigenvalue weighted by atomic mass is 9.93. The average Bonchev–Trinajstić information content (AvgIpc) is 3.10. The fourth-order valence-corrected chi connectivity index (χ4v) is 4.82. The van der Waals surface area contributed by atoms with Gasteiger partial charge < -0.3 is 10.2 Å². The molecule has 4 rings (SSSR count). The number of likely N-dealkylation sites (tertiary alicyclic amines) is 1. The summed E-state index contributed by atoms with van der Waals surface area (Å²) >= 11 is 0. The molecule has 1 saturated heterocycles. The molecule has 2 N–H and O–H groups in total. The van der Waals surface area contributed by atoms with Crippen molar-refractivity contribution in [2.45, 2.75) is 31.0 Å². The van der Waals surface area contributed by atoms with E-state index in [2.05, 4.69) is 4.90 Å². The van der Waals surface area contributed by atoms with E-state index in [1.807, 2.05) is 30.3 Å². The molecule has 1 saturated carbocycles. The number of phenols is 1. The van der Waals surface area contributed by atoms with Crippen molar-refractivity contribution in [3.8, 4) is 5.75 Å². The predicted molar refractivity (Wildman–Crippen MR) is 99.7 cm³/mol. The maximum Gasteiger partial charge on any atom is 0.115 e. The molecular formula is C22H26FNO2. The zero-order valence-electron chi connectivity index (χ0n) is 14.9. The van der Waals surface area contributed by atoms with Crippen molar-refractivity contribution in [1.29, 1.82) is 0 Å². The van der Waals surface area contributed by atoms with Crippen LogP contribution < -0.4 is 0 Å². The van der Waals surface area contributed by atoms with Crippen LogP contribution in [0.15, 0.2) is 54.6 Å². The Bertz CT molecular complexity index is 720. The maximum absolute atomic E-state index is 15.3. The number of alkyl halides is 1. The molecule has 0 amide bonds. The Hall–Kier alpha value is -1.91. The van der Waals surface area contributed by atoms with Crippen LogP contribution in [-0.4, -0.2) is 40.4 Å². The number of aliphatic hydroxyl groups excluding tert-OH is 1.